The first-order valence-electron chi connectivity index (χ1n) is 7.75. The highest BCUT2D eigenvalue weighted by atomic mass is 16.6. The van der Waals surface area contributed by atoms with Crippen LogP contribution in [0.15, 0.2) is 40.1 Å². The summed E-state index contributed by atoms with van der Waals surface area (Å²) in [5.41, 5.74) is 1.27. The first-order chi connectivity index (χ1) is 11.3. The van der Waals surface area contributed by atoms with Gasteiger partial charge in [-0.05, 0) is 36.2 Å². The molecular formula is C16H23NO6. The summed E-state index contributed by atoms with van der Waals surface area (Å²) in [6.45, 7) is 5.54. The molecule has 1 fully saturated rings. The third kappa shape index (κ3) is 6.13. The van der Waals surface area contributed by atoms with E-state index in [1.165, 1.54) is 0 Å². The first kappa shape index (κ1) is 17.7. The number of hydrogen-bond acceptors (Lipinski definition) is 7. The Bertz CT molecular complexity index is 483. The van der Waals surface area contributed by atoms with Gasteiger partial charge in [0.05, 0.1) is 45.3 Å². The maximum Gasteiger partial charge on any atom is 0.161 e. The average molecular weight is 325 g/mol. The molecule has 1 aliphatic carbocycles. The van der Waals surface area contributed by atoms with Gasteiger partial charge >= 0.3 is 0 Å². The second kappa shape index (κ2) is 10.1. The molecule has 2 rings (SSSR count). The molecule has 0 spiro atoms. The number of hydrogen-bond donors (Lipinski definition) is 0. The molecule has 23 heavy (non-hydrogen) atoms. The van der Waals surface area contributed by atoms with E-state index in [9.17, 15) is 4.91 Å². The largest absolute Gasteiger partial charge is 0.488 e. The van der Waals surface area contributed by atoms with Gasteiger partial charge in [-0.25, -0.2) is 0 Å². The van der Waals surface area contributed by atoms with E-state index >= 15 is 0 Å². The molecule has 2 aliphatic rings. The third-order valence-electron chi connectivity index (χ3n) is 3.37. The Morgan fingerprint density at radius 3 is 1.96 bits per heavy atom. The van der Waals surface area contributed by atoms with Gasteiger partial charge in [-0.3, -0.25) is 0 Å². The van der Waals surface area contributed by atoms with Gasteiger partial charge in [-0.15, -0.1) is 4.91 Å². The maximum atomic E-state index is 10.7. The number of fused-ring (bicyclic) bond motifs is 1. The number of rotatable bonds is 1. The summed E-state index contributed by atoms with van der Waals surface area (Å²) in [7, 11) is 0. The molecule has 0 aromatic rings. The van der Waals surface area contributed by atoms with Gasteiger partial charge in [0.2, 0.25) is 0 Å². The number of allylic oxidation sites excluding steroid dienone is 4. The number of nitroso groups, excluding NO2 is 1. The van der Waals surface area contributed by atoms with Gasteiger partial charge in [0, 0.05) is 0 Å². The van der Waals surface area contributed by atoms with Crippen LogP contribution in [0.25, 0.3) is 0 Å². The van der Waals surface area contributed by atoms with Crippen LogP contribution in [0.5, 0.6) is 0 Å². The molecule has 0 aromatic carbocycles. The fourth-order valence-corrected chi connectivity index (χ4v) is 2.11. The average Bonchev–Trinajstić information content (AvgIpc) is 2.59. The molecule has 1 saturated heterocycles. The van der Waals surface area contributed by atoms with Gasteiger partial charge in [0.1, 0.15) is 13.2 Å². The Kier molecular flexibility index (Phi) is 7.79. The highest BCUT2D eigenvalue weighted by Crippen LogP contribution is 2.26. The molecule has 0 bridgehead atoms. The lowest BCUT2D eigenvalue weighted by Gasteiger charge is -2.19. The molecule has 0 N–H and O–H groups in total. The normalized spacial score (nSPS) is 23.7. The Hall–Kier alpha value is -1.70. The van der Waals surface area contributed by atoms with E-state index in [-0.39, 0.29) is 0 Å². The maximum absolute atomic E-state index is 10.7. The standard InChI is InChI=1S/C16H23NO6/c1-13(17-18)14-2-3-15-16(12-14)23-11-9-21-7-5-19-4-6-20-8-10-22-15/h3,12H,2,4-11H2,1H3/b14-13+. The molecule has 0 atom stereocenters. The summed E-state index contributed by atoms with van der Waals surface area (Å²) in [6.07, 6.45) is 4.28. The van der Waals surface area contributed by atoms with Crippen LogP contribution in [0.2, 0.25) is 0 Å². The SMILES string of the molecule is C/C(N=O)=C1\C=C2OCCOCCOCCOCCOC2=CC1. The quantitative estimate of drug-likeness (QED) is 0.689. The molecule has 128 valence electrons. The Morgan fingerprint density at radius 1 is 0.870 bits per heavy atom. The molecule has 7 nitrogen and oxygen atoms in total. The molecule has 1 heterocycles. The fraction of sp³-hybridized carbons (Fsp3) is 0.625. The predicted molar refractivity (Wildman–Crippen MR) is 83.6 cm³/mol. The van der Waals surface area contributed by atoms with Crippen molar-refractivity contribution in [3.63, 3.8) is 0 Å². The van der Waals surface area contributed by atoms with Crippen LogP contribution in [0.4, 0.5) is 0 Å². The van der Waals surface area contributed by atoms with E-state index < -0.39 is 0 Å². The summed E-state index contributed by atoms with van der Waals surface area (Å²) in [5.74, 6) is 1.24. The Labute approximate surface area is 135 Å². The second-order valence-corrected chi connectivity index (χ2v) is 5.02. The van der Waals surface area contributed by atoms with Crippen molar-refractivity contribution < 1.29 is 23.7 Å². The van der Waals surface area contributed by atoms with Crippen LogP contribution in [0.3, 0.4) is 0 Å². The Balaban J connectivity index is 2.01. The smallest absolute Gasteiger partial charge is 0.161 e. The van der Waals surface area contributed by atoms with Crippen molar-refractivity contribution in [2.45, 2.75) is 13.3 Å². The second-order valence-electron chi connectivity index (χ2n) is 5.02. The highest BCUT2D eigenvalue weighted by Gasteiger charge is 2.16. The van der Waals surface area contributed by atoms with Crippen LogP contribution in [-0.4, -0.2) is 52.9 Å². The number of nitrogens with zero attached hydrogens (tertiary/aromatic N) is 1. The fourth-order valence-electron chi connectivity index (χ4n) is 2.11. The van der Waals surface area contributed by atoms with Gasteiger partial charge in [-0.1, -0.05) is 0 Å². The molecule has 0 aromatic heterocycles. The molecule has 0 unspecified atom stereocenters. The van der Waals surface area contributed by atoms with Crippen molar-refractivity contribution in [2.75, 3.05) is 52.9 Å². The summed E-state index contributed by atoms with van der Waals surface area (Å²) < 4.78 is 27.6. The zero-order valence-corrected chi connectivity index (χ0v) is 13.4. The zero-order valence-electron chi connectivity index (χ0n) is 13.4. The minimum atomic E-state index is 0.393. The first-order valence-corrected chi connectivity index (χ1v) is 7.75. The molecule has 0 saturated carbocycles. The Morgan fingerprint density at radius 2 is 1.39 bits per heavy atom. The van der Waals surface area contributed by atoms with Crippen LogP contribution >= 0.6 is 0 Å². The van der Waals surface area contributed by atoms with Crippen molar-refractivity contribution in [3.05, 3.63) is 39.8 Å². The lowest BCUT2D eigenvalue weighted by Crippen LogP contribution is -2.12. The van der Waals surface area contributed by atoms with E-state index in [4.69, 9.17) is 23.7 Å². The molecular weight excluding hydrogens is 302 g/mol. The van der Waals surface area contributed by atoms with Gasteiger partial charge < -0.3 is 23.7 Å². The third-order valence-corrected chi connectivity index (χ3v) is 3.37. The molecule has 0 amide bonds. The monoisotopic (exact) mass is 325 g/mol. The summed E-state index contributed by atoms with van der Waals surface area (Å²) in [4.78, 5) is 10.7. The van der Waals surface area contributed by atoms with Crippen molar-refractivity contribution in [1.29, 1.82) is 0 Å². The van der Waals surface area contributed by atoms with E-state index in [0.717, 1.165) is 5.57 Å². The van der Waals surface area contributed by atoms with Crippen molar-refractivity contribution in [2.24, 2.45) is 5.18 Å². The predicted octanol–water partition coefficient (Wildman–Crippen LogP) is 2.29. The summed E-state index contributed by atoms with van der Waals surface area (Å²) >= 11 is 0. The van der Waals surface area contributed by atoms with Crippen LogP contribution in [0.1, 0.15) is 13.3 Å². The van der Waals surface area contributed by atoms with Gasteiger partial charge in [0.15, 0.2) is 11.5 Å². The van der Waals surface area contributed by atoms with Crippen LogP contribution < -0.4 is 0 Å². The molecule has 1 aliphatic heterocycles. The lowest BCUT2D eigenvalue weighted by atomic mass is 10.0. The minimum absolute atomic E-state index is 0.393. The zero-order chi connectivity index (χ0) is 16.3. The van der Waals surface area contributed by atoms with E-state index in [2.05, 4.69) is 5.18 Å². The lowest BCUT2D eigenvalue weighted by molar-refractivity contribution is 0.00369. The van der Waals surface area contributed by atoms with Crippen LogP contribution in [0, 0.1) is 4.91 Å². The summed E-state index contributed by atoms with van der Waals surface area (Å²) in [5, 5.41) is 2.99. The molecule has 7 heteroatoms. The van der Waals surface area contributed by atoms with Crippen LogP contribution in [-0.2, 0) is 23.7 Å². The van der Waals surface area contributed by atoms with Crippen molar-refractivity contribution in [1.82, 2.24) is 0 Å². The topological polar surface area (TPSA) is 75.6 Å². The highest BCUT2D eigenvalue weighted by molar-refractivity contribution is 5.39. The van der Waals surface area contributed by atoms with Gasteiger partial charge in [-0.2, -0.15) is 0 Å². The van der Waals surface area contributed by atoms with Crippen molar-refractivity contribution >= 4 is 0 Å². The minimum Gasteiger partial charge on any atom is -0.488 e. The van der Waals surface area contributed by atoms with E-state index in [1.807, 2.05) is 6.08 Å². The number of ether oxygens (including phenoxy) is 5. The summed E-state index contributed by atoms with van der Waals surface area (Å²) in [6, 6.07) is 0. The van der Waals surface area contributed by atoms with E-state index in [0.29, 0.717) is 76.5 Å². The van der Waals surface area contributed by atoms with Crippen molar-refractivity contribution in [3.8, 4) is 0 Å². The van der Waals surface area contributed by atoms with E-state index in [1.54, 1.807) is 13.0 Å². The molecule has 0 radical (unpaired) electrons. The van der Waals surface area contributed by atoms with Gasteiger partial charge in [0.25, 0.3) is 0 Å².